The number of nitrogens with one attached hydrogen (secondary N) is 1. The Kier molecular flexibility index (Phi) is 6.39. The van der Waals surface area contributed by atoms with Crippen LogP contribution in [0.1, 0.15) is 12.5 Å². The number of esters is 1. The molecule has 1 atom stereocenters. The molecule has 0 spiro atoms. The summed E-state index contributed by atoms with van der Waals surface area (Å²) >= 11 is 0. The van der Waals surface area contributed by atoms with Crippen LogP contribution in [-0.2, 0) is 14.3 Å². The second-order valence-corrected chi connectivity index (χ2v) is 5.46. The number of carbonyl (C=O) groups is 2. The molecule has 0 saturated heterocycles. The lowest BCUT2D eigenvalue weighted by molar-refractivity contribution is -0.153. The summed E-state index contributed by atoms with van der Waals surface area (Å²) in [5.74, 6) is 0.228. The summed E-state index contributed by atoms with van der Waals surface area (Å²) in [6.45, 7) is 3.12. The first-order chi connectivity index (χ1) is 12.0. The molecular formula is C19H21NO5. The van der Waals surface area contributed by atoms with Crippen molar-refractivity contribution < 1.29 is 23.8 Å². The average molecular weight is 343 g/mol. The van der Waals surface area contributed by atoms with Crippen LogP contribution >= 0.6 is 0 Å². The van der Waals surface area contributed by atoms with E-state index in [0.29, 0.717) is 17.2 Å². The first kappa shape index (κ1) is 18.3. The first-order valence-corrected chi connectivity index (χ1v) is 7.82. The molecule has 0 saturated carbocycles. The van der Waals surface area contributed by atoms with Gasteiger partial charge in [0, 0.05) is 5.69 Å². The number of aryl methyl sites for hydroxylation is 1. The van der Waals surface area contributed by atoms with E-state index in [4.69, 9.17) is 14.2 Å². The van der Waals surface area contributed by atoms with E-state index in [-0.39, 0.29) is 6.61 Å². The number of carbonyl (C=O) groups excluding carboxylic acids is 2. The topological polar surface area (TPSA) is 73.9 Å². The highest BCUT2D eigenvalue weighted by atomic mass is 16.6. The van der Waals surface area contributed by atoms with Crippen LogP contribution in [0, 0.1) is 6.92 Å². The molecule has 0 fully saturated rings. The quantitative estimate of drug-likeness (QED) is 0.783. The summed E-state index contributed by atoms with van der Waals surface area (Å²) in [6.07, 6.45) is -0.810. The number of benzene rings is 2. The van der Waals surface area contributed by atoms with Gasteiger partial charge in [0.1, 0.15) is 11.5 Å². The molecule has 1 amide bonds. The molecule has 2 aromatic rings. The highest BCUT2D eigenvalue weighted by Gasteiger charge is 2.18. The summed E-state index contributed by atoms with van der Waals surface area (Å²) in [6, 6.07) is 14.2. The Morgan fingerprint density at radius 3 is 2.44 bits per heavy atom. The van der Waals surface area contributed by atoms with Crippen molar-refractivity contribution in [2.75, 3.05) is 19.0 Å². The molecule has 0 aliphatic heterocycles. The van der Waals surface area contributed by atoms with Gasteiger partial charge in [-0.05, 0) is 55.8 Å². The van der Waals surface area contributed by atoms with E-state index >= 15 is 0 Å². The van der Waals surface area contributed by atoms with Crippen LogP contribution in [0.15, 0.2) is 48.5 Å². The number of methoxy groups -OCH3 is 1. The van der Waals surface area contributed by atoms with Crippen molar-refractivity contribution in [3.05, 3.63) is 54.1 Å². The maximum atomic E-state index is 11.9. The van der Waals surface area contributed by atoms with E-state index in [1.54, 1.807) is 44.4 Å². The van der Waals surface area contributed by atoms with Crippen LogP contribution in [-0.4, -0.2) is 31.7 Å². The second kappa shape index (κ2) is 8.73. The van der Waals surface area contributed by atoms with Crippen molar-refractivity contribution in [2.45, 2.75) is 20.0 Å². The zero-order valence-electron chi connectivity index (χ0n) is 14.4. The van der Waals surface area contributed by atoms with Crippen molar-refractivity contribution in [2.24, 2.45) is 0 Å². The Morgan fingerprint density at radius 2 is 1.80 bits per heavy atom. The fraction of sp³-hybridized carbons (Fsp3) is 0.263. The number of hydrogen-bond acceptors (Lipinski definition) is 5. The predicted molar refractivity (Wildman–Crippen MR) is 93.9 cm³/mol. The lowest BCUT2D eigenvalue weighted by Crippen LogP contribution is -2.29. The minimum Gasteiger partial charge on any atom is -0.497 e. The molecule has 2 aromatic carbocycles. The van der Waals surface area contributed by atoms with E-state index in [1.807, 2.05) is 25.1 Å². The van der Waals surface area contributed by atoms with Crippen LogP contribution in [0.2, 0.25) is 0 Å². The van der Waals surface area contributed by atoms with Gasteiger partial charge < -0.3 is 19.5 Å². The highest BCUT2D eigenvalue weighted by molar-refractivity contribution is 5.93. The zero-order chi connectivity index (χ0) is 18.2. The molecule has 25 heavy (non-hydrogen) atoms. The lowest BCUT2D eigenvalue weighted by Gasteiger charge is -2.14. The minimum absolute atomic E-state index is 0.383. The molecule has 0 bridgehead atoms. The van der Waals surface area contributed by atoms with E-state index < -0.39 is 18.0 Å². The maximum Gasteiger partial charge on any atom is 0.347 e. The molecule has 1 N–H and O–H groups in total. The Labute approximate surface area is 146 Å². The number of hydrogen-bond donors (Lipinski definition) is 1. The molecule has 0 aliphatic carbocycles. The molecule has 6 nitrogen and oxygen atoms in total. The van der Waals surface area contributed by atoms with Gasteiger partial charge in [-0.3, -0.25) is 4.79 Å². The maximum absolute atomic E-state index is 11.9. The van der Waals surface area contributed by atoms with Crippen molar-refractivity contribution >= 4 is 17.6 Å². The van der Waals surface area contributed by atoms with Crippen molar-refractivity contribution in [3.8, 4) is 11.5 Å². The monoisotopic (exact) mass is 343 g/mol. The van der Waals surface area contributed by atoms with Crippen LogP contribution in [0.4, 0.5) is 5.69 Å². The van der Waals surface area contributed by atoms with Gasteiger partial charge in [-0.15, -0.1) is 0 Å². The minimum atomic E-state index is -0.810. The van der Waals surface area contributed by atoms with Crippen LogP contribution < -0.4 is 14.8 Å². The van der Waals surface area contributed by atoms with Gasteiger partial charge in [-0.1, -0.05) is 12.1 Å². The molecule has 132 valence electrons. The van der Waals surface area contributed by atoms with Crippen LogP contribution in [0.5, 0.6) is 11.5 Å². The second-order valence-electron chi connectivity index (χ2n) is 5.46. The summed E-state index contributed by atoms with van der Waals surface area (Å²) in [5, 5.41) is 2.63. The highest BCUT2D eigenvalue weighted by Crippen LogP contribution is 2.16. The van der Waals surface area contributed by atoms with Crippen LogP contribution in [0.3, 0.4) is 0 Å². The van der Waals surface area contributed by atoms with Crippen molar-refractivity contribution in [3.63, 3.8) is 0 Å². The Bertz CT molecular complexity index is 727. The largest absolute Gasteiger partial charge is 0.497 e. The molecule has 0 aliphatic rings. The van der Waals surface area contributed by atoms with Gasteiger partial charge in [0.15, 0.2) is 12.7 Å². The normalized spacial score (nSPS) is 11.3. The SMILES string of the molecule is COc1ccc(NC(=O)COC(=O)[C@H](C)Oc2cccc(C)c2)cc1. The standard InChI is InChI=1S/C19H21NO5/c1-13-5-4-6-17(11-13)25-14(2)19(22)24-12-18(21)20-15-7-9-16(23-3)10-8-15/h4-11,14H,12H2,1-3H3,(H,20,21)/t14-/m0/s1. The van der Waals surface area contributed by atoms with Crippen LogP contribution in [0.25, 0.3) is 0 Å². The Morgan fingerprint density at radius 1 is 1.08 bits per heavy atom. The summed E-state index contributed by atoms with van der Waals surface area (Å²) in [4.78, 5) is 23.8. The molecule has 0 unspecified atom stereocenters. The van der Waals surface area contributed by atoms with Crippen molar-refractivity contribution in [1.82, 2.24) is 0 Å². The Hall–Kier alpha value is -3.02. The van der Waals surface area contributed by atoms with Gasteiger partial charge in [-0.2, -0.15) is 0 Å². The van der Waals surface area contributed by atoms with Gasteiger partial charge >= 0.3 is 5.97 Å². The molecule has 0 radical (unpaired) electrons. The van der Waals surface area contributed by atoms with E-state index in [9.17, 15) is 9.59 Å². The third-order valence-electron chi connectivity index (χ3n) is 3.35. The average Bonchev–Trinajstić information content (AvgIpc) is 2.60. The third-order valence-corrected chi connectivity index (χ3v) is 3.35. The molecule has 0 heterocycles. The fourth-order valence-electron chi connectivity index (χ4n) is 2.07. The molecule has 0 aromatic heterocycles. The number of rotatable bonds is 7. The summed E-state index contributed by atoms with van der Waals surface area (Å²) < 4.78 is 15.5. The van der Waals surface area contributed by atoms with Gasteiger partial charge in [0.05, 0.1) is 7.11 Å². The third kappa shape index (κ3) is 5.84. The molecule has 2 rings (SSSR count). The van der Waals surface area contributed by atoms with Gasteiger partial charge in [-0.25, -0.2) is 4.79 Å². The van der Waals surface area contributed by atoms with Gasteiger partial charge in [0.25, 0.3) is 5.91 Å². The van der Waals surface area contributed by atoms with Crippen molar-refractivity contribution in [1.29, 1.82) is 0 Å². The van der Waals surface area contributed by atoms with E-state index in [2.05, 4.69) is 5.32 Å². The molecular weight excluding hydrogens is 322 g/mol. The van der Waals surface area contributed by atoms with Gasteiger partial charge in [0.2, 0.25) is 0 Å². The number of ether oxygens (including phenoxy) is 3. The summed E-state index contributed by atoms with van der Waals surface area (Å²) in [7, 11) is 1.56. The van der Waals surface area contributed by atoms with E-state index in [0.717, 1.165) is 5.56 Å². The number of amides is 1. The fourth-order valence-corrected chi connectivity index (χ4v) is 2.07. The lowest BCUT2D eigenvalue weighted by atomic mass is 10.2. The zero-order valence-corrected chi connectivity index (χ0v) is 14.4. The smallest absolute Gasteiger partial charge is 0.347 e. The van der Waals surface area contributed by atoms with E-state index in [1.165, 1.54) is 0 Å². The Balaban J connectivity index is 1.78. The first-order valence-electron chi connectivity index (χ1n) is 7.82. The molecule has 6 heteroatoms. The summed E-state index contributed by atoms with van der Waals surface area (Å²) in [5.41, 5.74) is 1.61. The number of anilines is 1. The predicted octanol–water partition coefficient (Wildman–Crippen LogP) is 2.95.